The highest BCUT2D eigenvalue weighted by Gasteiger charge is 1.95. The van der Waals surface area contributed by atoms with Crippen molar-refractivity contribution in [2.45, 2.75) is 24.8 Å². The molecular weight excluding hydrogens is 182 g/mol. The van der Waals surface area contributed by atoms with E-state index in [4.69, 9.17) is 5.11 Å². The number of hydrogen-bond acceptors (Lipinski definition) is 3. The summed E-state index contributed by atoms with van der Waals surface area (Å²) >= 11 is 1.55. The second-order valence-electron chi connectivity index (χ2n) is 3.11. The number of aliphatic hydroxyl groups excluding tert-OH is 1. The monoisotopic (exact) mass is 197 g/mol. The fraction of sp³-hybridized carbons (Fsp3) is 0.400. The molecule has 0 aliphatic rings. The zero-order chi connectivity index (χ0) is 9.68. The van der Waals surface area contributed by atoms with Crippen molar-refractivity contribution in [3.8, 4) is 0 Å². The molecule has 3 heteroatoms. The maximum atomic E-state index is 9.00. The van der Waals surface area contributed by atoms with Crippen LogP contribution >= 0.6 is 11.9 Å². The molecule has 72 valence electrons. The Morgan fingerprint density at radius 2 is 2.00 bits per heavy atom. The van der Waals surface area contributed by atoms with Gasteiger partial charge in [-0.1, -0.05) is 17.7 Å². The van der Waals surface area contributed by atoms with Crippen LogP contribution in [-0.4, -0.2) is 17.8 Å². The molecule has 0 aliphatic carbocycles. The van der Waals surface area contributed by atoms with Gasteiger partial charge >= 0.3 is 0 Å². The second-order valence-corrected chi connectivity index (χ2v) is 4.08. The Kier molecular flexibility index (Phi) is 4.28. The molecule has 1 atom stereocenters. The lowest BCUT2D eigenvalue weighted by Crippen LogP contribution is -2.18. The van der Waals surface area contributed by atoms with E-state index in [0.29, 0.717) is 6.54 Å². The number of aliphatic hydroxyl groups is 1. The van der Waals surface area contributed by atoms with Crippen LogP contribution in [0.5, 0.6) is 0 Å². The molecule has 0 fully saturated rings. The van der Waals surface area contributed by atoms with Crippen LogP contribution < -0.4 is 4.72 Å². The van der Waals surface area contributed by atoms with Gasteiger partial charge in [-0.25, -0.2) is 0 Å². The molecule has 0 saturated heterocycles. The Bertz CT molecular complexity index is 246. The summed E-state index contributed by atoms with van der Waals surface area (Å²) < 4.78 is 3.09. The first-order chi connectivity index (χ1) is 6.18. The molecule has 0 saturated carbocycles. The van der Waals surface area contributed by atoms with Crippen LogP contribution in [-0.2, 0) is 0 Å². The van der Waals surface area contributed by atoms with E-state index in [-0.39, 0.29) is 6.10 Å². The van der Waals surface area contributed by atoms with Gasteiger partial charge in [0.2, 0.25) is 0 Å². The van der Waals surface area contributed by atoms with Crippen LogP contribution in [0, 0.1) is 6.92 Å². The third kappa shape index (κ3) is 4.31. The van der Waals surface area contributed by atoms with Gasteiger partial charge in [-0.15, -0.1) is 0 Å². The summed E-state index contributed by atoms with van der Waals surface area (Å²) in [5.41, 5.74) is 1.26. The minimum atomic E-state index is -0.294. The van der Waals surface area contributed by atoms with Gasteiger partial charge in [-0.05, 0) is 37.9 Å². The van der Waals surface area contributed by atoms with Crippen molar-refractivity contribution in [3.63, 3.8) is 0 Å². The van der Waals surface area contributed by atoms with E-state index in [1.807, 2.05) is 0 Å². The van der Waals surface area contributed by atoms with Gasteiger partial charge in [-0.2, -0.15) is 0 Å². The Labute approximate surface area is 83.5 Å². The molecule has 0 aliphatic heterocycles. The predicted molar refractivity (Wildman–Crippen MR) is 56.7 cm³/mol. The van der Waals surface area contributed by atoms with E-state index in [0.717, 1.165) is 0 Å². The Hall–Kier alpha value is -0.510. The number of rotatable bonds is 4. The zero-order valence-corrected chi connectivity index (χ0v) is 8.77. The van der Waals surface area contributed by atoms with Crippen molar-refractivity contribution in [3.05, 3.63) is 29.8 Å². The van der Waals surface area contributed by atoms with Crippen LogP contribution in [0.2, 0.25) is 0 Å². The van der Waals surface area contributed by atoms with Gasteiger partial charge < -0.3 is 5.11 Å². The van der Waals surface area contributed by atoms with Gasteiger partial charge in [-0.3, -0.25) is 4.72 Å². The van der Waals surface area contributed by atoms with E-state index in [1.54, 1.807) is 18.9 Å². The minimum absolute atomic E-state index is 0.294. The number of aryl methyl sites for hydroxylation is 1. The molecule has 0 spiro atoms. The normalized spacial score (nSPS) is 12.8. The van der Waals surface area contributed by atoms with E-state index in [1.165, 1.54) is 10.5 Å². The molecule has 13 heavy (non-hydrogen) atoms. The maximum Gasteiger partial charge on any atom is 0.0645 e. The van der Waals surface area contributed by atoms with Gasteiger partial charge in [0, 0.05) is 11.4 Å². The number of hydrogen-bond donors (Lipinski definition) is 2. The lowest BCUT2D eigenvalue weighted by atomic mass is 10.2. The van der Waals surface area contributed by atoms with E-state index >= 15 is 0 Å². The third-order valence-corrected chi connectivity index (χ3v) is 2.41. The van der Waals surface area contributed by atoms with E-state index in [2.05, 4.69) is 35.9 Å². The zero-order valence-electron chi connectivity index (χ0n) is 7.95. The standard InChI is InChI=1S/C10H15NOS/c1-8-3-5-10(6-4-8)13-11-7-9(2)12/h3-6,9,11-12H,7H2,1-2H3. The summed E-state index contributed by atoms with van der Waals surface area (Å²) in [7, 11) is 0. The van der Waals surface area contributed by atoms with Crippen molar-refractivity contribution in [2.75, 3.05) is 6.54 Å². The van der Waals surface area contributed by atoms with Crippen LogP contribution in [0.4, 0.5) is 0 Å². The SMILES string of the molecule is Cc1ccc(SNCC(C)O)cc1. The molecule has 0 heterocycles. The van der Waals surface area contributed by atoms with Crippen molar-refractivity contribution >= 4 is 11.9 Å². The van der Waals surface area contributed by atoms with Gasteiger partial charge in [0.25, 0.3) is 0 Å². The molecule has 0 bridgehead atoms. The Balaban J connectivity index is 2.33. The number of benzene rings is 1. The average molecular weight is 197 g/mol. The predicted octanol–water partition coefficient (Wildman–Crippen LogP) is 1.97. The lowest BCUT2D eigenvalue weighted by Gasteiger charge is -2.05. The smallest absolute Gasteiger partial charge is 0.0645 e. The van der Waals surface area contributed by atoms with Gasteiger partial charge in [0.05, 0.1) is 6.10 Å². The van der Waals surface area contributed by atoms with Crippen LogP contribution in [0.3, 0.4) is 0 Å². The molecule has 1 unspecified atom stereocenters. The number of nitrogens with one attached hydrogen (secondary N) is 1. The van der Waals surface area contributed by atoms with Crippen LogP contribution in [0.25, 0.3) is 0 Å². The average Bonchev–Trinajstić information content (AvgIpc) is 2.08. The largest absolute Gasteiger partial charge is 0.392 e. The van der Waals surface area contributed by atoms with Crippen molar-refractivity contribution in [2.24, 2.45) is 0 Å². The summed E-state index contributed by atoms with van der Waals surface area (Å²) in [5.74, 6) is 0. The Morgan fingerprint density at radius 3 is 2.54 bits per heavy atom. The first kappa shape index (κ1) is 10.6. The molecule has 2 nitrogen and oxygen atoms in total. The van der Waals surface area contributed by atoms with Crippen LogP contribution in [0.15, 0.2) is 29.2 Å². The molecular formula is C10H15NOS. The van der Waals surface area contributed by atoms with Crippen LogP contribution in [0.1, 0.15) is 12.5 Å². The van der Waals surface area contributed by atoms with Crippen molar-refractivity contribution in [1.29, 1.82) is 0 Å². The molecule has 0 radical (unpaired) electrons. The highest BCUT2D eigenvalue weighted by atomic mass is 32.2. The first-order valence-electron chi connectivity index (χ1n) is 4.33. The molecule has 1 aromatic rings. The summed E-state index contributed by atoms with van der Waals surface area (Å²) in [6, 6.07) is 8.28. The lowest BCUT2D eigenvalue weighted by molar-refractivity contribution is 0.200. The maximum absolute atomic E-state index is 9.00. The summed E-state index contributed by atoms with van der Waals surface area (Å²) in [6.07, 6.45) is -0.294. The van der Waals surface area contributed by atoms with E-state index in [9.17, 15) is 0 Å². The molecule has 0 aromatic heterocycles. The fourth-order valence-electron chi connectivity index (χ4n) is 0.852. The molecule has 0 amide bonds. The minimum Gasteiger partial charge on any atom is -0.392 e. The topological polar surface area (TPSA) is 32.3 Å². The van der Waals surface area contributed by atoms with Gasteiger partial charge in [0.1, 0.15) is 0 Å². The first-order valence-corrected chi connectivity index (χ1v) is 5.14. The molecule has 2 N–H and O–H groups in total. The highest BCUT2D eigenvalue weighted by molar-refractivity contribution is 7.97. The van der Waals surface area contributed by atoms with Crippen molar-refractivity contribution < 1.29 is 5.11 Å². The fourth-order valence-corrected chi connectivity index (χ4v) is 1.62. The summed E-state index contributed by atoms with van der Waals surface area (Å²) in [4.78, 5) is 1.17. The quantitative estimate of drug-likeness (QED) is 0.724. The van der Waals surface area contributed by atoms with E-state index < -0.39 is 0 Å². The third-order valence-electron chi connectivity index (χ3n) is 1.59. The summed E-state index contributed by atoms with van der Waals surface area (Å²) in [6.45, 7) is 4.44. The van der Waals surface area contributed by atoms with Crippen molar-refractivity contribution in [1.82, 2.24) is 4.72 Å². The molecule has 1 aromatic carbocycles. The highest BCUT2D eigenvalue weighted by Crippen LogP contribution is 2.14. The summed E-state index contributed by atoms with van der Waals surface area (Å²) in [5, 5.41) is 9.00. The molecule has 1 rings (SSSR count). The van der Waals surface area contributed by atoms with Gasteiger partial charge in [0.15, 0.2) is 0 Å². The second kappa shape index (κ2) is 5.27. The Morgan fingerprint density at radius 1 is 1.38 bits per heavy atom.